The lowest BCUT2D eigenvalue weighted by atomic mass is 9.85. The summed E-state index contributed by atoms with van der Waals surface area (Å²) in [6, 6.07) is 0.563. The second-order valence-electron chi connectivity index (χ2n) is 5.84. The number of nitrogens with two attached hydrogens (primary N) is 1. The van der Waals surface area contributed by atoms with E-state index in [4.69, 9.17) is 5.73 Å². The van der Waals surface area contributed by atoms with E-state index in [1.165, 1.54) is 12.8 Å². The zero-order chi connectivity index (χ0) is 13.8. The summed E-state index contributed by atoms with van der Waals surface area (Å²) < 4.78 is 0. The Bertz CT molecular complexity index is 283. The maximum Gasteiger partial charge on any atom is 0.323 e. The normalized spacial score (nSPS) is 29.7. The highest BCUT2D eigenvalue weighted by molar-refractivity contribution is 5.79. The minimum absolute atomic E-state index is 0.131. The van der Waals surface area contributed by atoms with Crippen LogP contribution in [0.2, 0.25) is 0 Å². The third-order valence-electron chi connectivity index (χ3n) is 4.56. The number of carboxylic acid groups (broad SMARTS) is 1. The molecule has 0 aromatic carbocycles. The number of hydrogen-bond acceptors (Lipinski definition) is 3. The molecule has 3 N–H and O–H groups in total. The van der Waals surface area contributed by atoms with Crippen molar-refractivity contribution in [1.82, 2.24) is 4.90 Å². The van der Waals surface area contributed by atoms with Crippen LogP contribution in [0.1, 0.15) is 52.4 Å². The van der Waals surface area contributed by atoms with Crippen LogP contribution in [0.4, 0.5) is 0 Å². The molecule has 0 saturated heterocycles. The summed E-state index contributed by atoms with van der Waals surface area (Å²) in [5, 5.41) is 9.26. The zero-order valence-electron chi connectivity index (χ0n) is 12.0. The molecule has 106 valence electrons. The molecule has 0 aromatic heterocycles. The zero-order valence-corrected chi connectivity index (χ0v) is 12.0. The maximum absolute atomic E-state index is 11.3. The van der Waals surface area contributed by atoms with E-state index in [2.05, 4.69) is 25.8 Å². The van der Waals surface area contributed by atoms with Crippen molar-refractivity contribution >= 4 is 5.97 Å². The maximum atomic E-state index is 11.3. The highest BCUT2D eigenvalue weighted by Gasteiger charge is 2.45. The lowest BCUT2D eigenvalue weighted by Crippen LogP contribution is -2.51. The molecule has 1 aliphatic rings. The second kappa shape index (κ2) is 6.53. The van der Waals surface area contributed by atoms with Gasteiger partial charge in [0, 0.05) is 6.04 Å². The van der Waals surface area contributed by atoms with Gasteiger partial charge in [-0.15, -0.1) is 0 Å². The van der Waals surface area contributed by atoms with Crippen LogP contribution in [0.15, 0.2) is 0 Å². The molecule has 0 heterocycles. The van der Waals surface area contributed by atoms with Gasteiger partial charge in [-0.3, -0.25) is 4.79 Å². The Morgan fingerprint density at radius 2 is 2.28 bits per heavy atom. The Balaban J connectivity index is 2.45. The average molecular weight is 256 g/mol. The Hall–Kier alpha value is -0.610. The third-order valence-corrected chi connectivity index (χ3v) is 4.56. The van der Waals surface area contributed by atoms with Crippen LogP contribution in [0.3, 0.4) is 0 Å². The van der Waals surface area contributed by atoms with E-state index >= 15 is 0 Å². The molecule has 1 saturated carbocycles. The smallest absolute Gasteiger partial charge is 0.323 e. The van der Waals surface area contributed by atoms with Gasteiger partial charge in [-0.25, -0.2) is 0 Å². The molecule has 4 heteroatoms. The molecule has 3 atom stereocenters. The molecular weight excluding hydrogens is 228 g/mol. The molecule has 0 aromatic rings. The molecule has 0 amide bonds. The highest BCUT2D eigenvalue weighted by atomic mass is 16.4. The summed E-state index contributed by atoms with van der Waals surface area (Å²) in [5.74, 6) is -0.694. The van der Waals surface area contributed by atoms with Crippen molar-refractivity contribution in [3.05, 3.63) is 0 Å². The Morgan fingerprint density at radius 3 is 2.83 bits per heavy atom. The molecule has 18 heavy (non-hydrogen) atoms. The van der Waals surface area contributed by atoms with Gasteiger partial charge in [0.05, 0.1) is 0 Å². The standard InChI is InChI=1S/C14H28N2O2/c1-4-6-11(2)16(3)10-8-12-7-5-9-14(12,15)13(17)18/h11-12H,4-10,15H2,1-3H3,(H,17,18). The van der Waals surface area contributed by atoms with Gasteiger partial charge in [0.2, 0.25) is 0 Å². The van der Waals surface area contributed by atoms with Crippen LogP contribution in [0, 0.1) is 5.92 Å². The summed E-state index contributed by atoms with van der Waals surface area (Å²) in [4.78, 5) is 13.6. The fourth-order valence-electron chi connectivity index (χ4n) is 3.00. The van der Waals surface area contributed by atoms with Crippen molar-refractivity contribution in [2.45, 2.75) is 64.0 Å². The molecule has 1 fully saturated rings. The van der Waals surface area contributed by atoms with Gasteiger partial charge < -0.3 is 15.7 Å². The first-order valence-corrected chi connectivity index (χ1v) is 7.14. The number of carbonyl (C=O) groups is 1. The van der Waals surface area contributed by atoms with Crippen LogP contribution < -0.4 is 5.73 Å². The van der Waals surface area contributed by atoms with Crippen LogP contribution in [-0.4, -0.2) is 41.1 Å². The second-order valence-corrected chi connectivity index (χ2v) is 5.84. The first-order valence-electron chi connectivity index (χ1n) is 7.14. The lowest BCUT2D eigenvalue weighted by molar-refractivity contribution is -0.144. The lowest BCUT2D eigenvalue weighted by Gasteiger charge is -2.30. The third kappa shape index (κ3) is 3.45. The molecule has 0 bridgehead atoms. The minimum Gasteiger partial charge on any atom is -0.480 e. The molecule has 4 nitrogen and oxygen atoms in total. The first kappa shape index (κ1) is 15.4. The van der Waals surface area contributed by atoms with Gasteiger partial charge in [0.25, 0.3) is 0 Å². The SMILES string of the molecule is CCCC(C)N(C)CCC1CCCC1(N)C(=O)O. The summed E-state index contributed by atoms with van der Waals surface area (Å²) in [6.07, 6.45) is 5.80. The predicted molar refractivity (Wildman–Crippen MR) is 73.5 cm³/mol. The quantitative estimate of drug-likeness (QED) is 0.732. The van der Waals surface area contributed by atoms with Gasteiger partial charge in [-0.05, 0) is 52.1 Å². The monoisotopic (exact) mass is 256 g/mol. The summed E-state index contributed by atoms with van der Waals surface area (Å²) in [6.45, 7) is 5.36. The molecule has 1 aliphatic carbocycles. The fraction of sp³-hybridized carbons (Fsp3) is 0.929. The highest BCUT2D eigenvalue weighted by Crippen LogP contribution is 2.36. The number of rotatable bonds is 7. The van der Waals surface area contributed by atoms with E-state index in [1.807, 2.05) is 0 Å². The molecule has 3 unspecified atom stereocenters. The van der Waals surface area contributed by atoms with E-state index in [-0.39, 0.29) is 5.92 Å². The molecule has 0 radical (unpaired) electrons. The predicted octanol–water partition coefficient (Wildman–Crippen LogP) is 2.08. The van der Waals surface area contributed by atoms with Crippen molar-refractivity contribution < 1.29 is 9.90 Å². The number of nitrogens with zero attached hydrogens (tertiary/aromatic N) is 1. The average Bonchev–Trinajstić information content (AvgIpc) is 2.69. The summed E-state index contributed by atoms with van der Waals surface area (Å²) >= 11 is 0. The van der Waals surface area contributed by atoms with Crippen LogP contribution in [0.5, 0.6) is 0 Å². The van der Waals surface area contributed by atoms with Crippen LogP contribution in [0.25, 0.3) is 0 Å². The molecule has 1 rings (SSSR count). The Morgan fingerprint density at radius 1 is 1.61 bits per heavy atom. The number of carboxylic acids is 1. The van der Waals surface area contributed by atoms with E-state index in [9.17, 15) is 9.90 Å². The van der Waals surface area contributed by atoms with Gasteiger partial charge >= 0.3 is 5.97 Å². The summed E-state index contributed by atoms with van der Waals surface area (Å²) in [7, 11) is 2.12. The van der Waals surface area contributed by atoms with Crippen molar-refractivity contribution in [2.24, 2.45) is 11.7 Å². The number of hydrogen-bond donors (Lipinski definition) is 2. The van der Waals surface area contributed by atoms with Crippen molar-refractivity contribution in [2.75, 3.05) is 13.6 Å². The van der Waals surface area contributed by atoms with Crippen molar-refractivity contribution in [1.29, 1.82) is 0 Å². The van der Waals surface area contributed by atoms with E-state index in [0.717, 1.165) is 25.8 Å². The van der Waals surface area contributed by atoms with E-state index in [1.54, 1.807) is 0 Å². The largest absolute Gasteiger partial charge is 0.480 e. The minimum atomic E-state index is -0.977. The number of aliphatic carboxylic acids is 1. The topological polar surface area (TPSA) is 66.6 Å². The molecule has 0 aliphatic heterocycles. The van der Waals surface area contributed by atoms with Gasteiger partial charge in [0.1, 0.15) is 5.54 Å². The molecule has 0 spiro atoms. The van der Waals surface area contributed by atoms with Gasteiger partial charge in [-0.2, -0.15) is 0 Å². The van der Waals surface area contributed by atoms with Crippen molar-refractivity contribution in [3.63, 3.8) is 0 Å². The van der Waals surface area contributed by atoms with Gasteiger partial charge in [-0.1, -0.05) is 19.8 Å². The van der Waals surface area contributed by atoms with Crippen LogP contribution >= 0.6 is 0 Å². The Kier molecular flexibility index (Phi) is 5.60. The summed E-state index contributed by atoms with van der Waals surface area (Å²) in [5.41, 5.74) is 5.07. The van der Waals surface area contributed by atoms with E-state index in [0.29, 0.717) is 12.5 Å². The van der Waals surface area contributed by atoms with E-state index < -0.39 is 11.5 Å². The molecular formula is C14H28N2O2. The van der Waals surface area contributed by atoms with Gasteiger partial charge in [0.15, 0.2) is 0 Å². The fourth-order valence-corrected chi connectivity index (χ4v) is 3.00. The van der Waals surface area contributed by atoms with Crippen LogP contribution in [-0.2, 0) is 4.79 Å². The Labute approximate surface area is 111 Å². The van der Waals surface area contributed by atoms with Crippen molar-refractivity contribution in [3.8, 4) is 0 Å². The first-order chi connectivity index (χ1) is 8.41.